The van der Waals surface area contributed by atoms with Crippen molar-refractivity contribution in [1.82, 2.24) is 0 Å². The number of carbonyl (C=O) groups excluding carboxylic acids is 1. The first-order chi connectivity index (χ1) is 22.3. The van der Waals surface area contributed by atoms with Crippen molar-refractivity contribution in [2.24, 2.45) is 11.7 Å². The van der Waals surface area contributed by atoms with E-state index in [0.717, 1.165) is 0 Å². The number of epoxide rings is 1. The van der Waals surface area contributed by atoms with Gasteiger partial charge in [0.05, 0.1) is 48.8 Å². The molecule has 4 aliphatic rings. The monoisotopic (exact) mass is 665 g/mol. The molecule has 4 aliphatic heterocycles. The zero-order chi connectivity index (χ0) is 34.3. The molecule has 0 aromatic rings. The maximum atomic E-state index is 12.3. The van der Waals surface area contributed by atoms with Crippen molar-refractivity contribution in [2.45, 2.75) is 125 Å². The van der Waals surface area contributed by atoms with Crippen LogP contribution in [0.3, 0.4) is 0 Å². The highest BCUT2D eigenvalue weighted by molar-refractivity contribution is 5.82. The molecular formula is C33H47NO13. The fourth-order valence-electron chi connectivity index (χ4n) is 6.00. The fourth-order valence-corrected chi connectivity index (χ4v) is 6.00. The number of aliphatic hydroxyl groups excluding tert-OH is 4. The summed E-state index contributed by atoms with van der Waals surface area (Å²) in [5.74, 6) is -5.45. The first kappa shape index (κ1) is 37.1. The smallest absolute Gasteiger partial charge is 0.330 e. The van der Waals surface area contributed by atoms with E-state index in [1.807, 2.05) is 6.08 Å². The number of aliphatic carboxylic acids is 1. The summed E-state index contributed by atoms with van der Waals surface area (Å²) >= 11 is 0. The van der Waals surface area contributed by atoms with E-state index in [0.29, 0.717) is 6.42 Å². The van der Waals surface area contributed by atoms with E-state index in [9.17, 15) is 40.2 Å². The van der Waals surface area contributed by atoms with E-state index < -0.39 is 97.3 Å². The number of allylic oxidation sites excluding steroid dienone is 6. The molecule has 14 nitrogen and oxygen atoms in total. The molecule has 8 N–H and O–H groups in total. The fraction of sp³-hybridized carbons (Fsp3) is 0.636. The Hall–Kier alpha value is -2.76. The number of ether oxygens (including phenoxy) is 5. The van der Waals surface area contributed by atoms with Gasteiger partial charge in [0, 0.05) is 38.2 Å². The van der Waals surface area contributed by atoms with Crippen LogP contribution >= 0.6 is 0 Å². The van der Waals surface area contributed by atoms with Gasteiger partial charge in [-0.1, -0.05) is 48.6 Å². The second kappa shape index (κ2) is 16.6. The molecular weight excluding hydrogens is 618 g/mol. The van der Waals surface area contributed by atoms with Gasteiger partial charge < -0.3 is 60.1 Å². The quantitative estimate of drug-likeness (QED) is 0.157. The summed E-state index contributed by atoms with van der Waals surface area (Å²) in [4.78, 5) is 24.4. The van der Waals surface area contributed by atoms with Gasteiger partial charge in [0.1, 0.15) is 24.2 Å². The molecule has 14 heteroatoms. The molecule has 47 heavy (non-hydrogen) atoms. The second-order valence-electron chi connectivity index (χ2n) is 12.6. The maximum Gasteiger partial charge on any atom is 0.330 e. The average Bonchev–Trinajstić information content (AvgIpc) is 3.72. The van der Waals surface area contributed by atoms with Gasteiger partial charge in [0.25, 0.3) is 0 Å². The summed E-state index contributed by atoms with van der Waals surface area (Å²) in [7, 11) is 0. The largest absolute Gasteiger partial charge is 0.481 e. The standard InChI is InChI=1S/C33H47NO13/c1-18-10-8-6-4-3-5-7-9-11-21(45-32-30(39)28(34)29(38)19(2)44-32)15-25-27(31(40)41)22(36)17-33(42,47-25)16-20(35)14-24-23(46-24)12-13-26(37)43-18/h3-9,11-13,18-25,27-30,32,35-36,38-39,42H,10,14-17,34H2,1-2H3,(H,40,41)/t18-,19?,20+,21?,22+,23-,24-,25+,27-,28?,29-,30?,32+,33-/m1/s1. The van der Waals surface area contributed by atoms with Gasteiger partial charge in [-0.15, -0.1) is 0 Å². The predicted octanol–water partition coefficient (Wildman–Crippen LogP) is 0.120. The van der Waals surface area contributed by atoms with Crippen molar-refractivity contribution < 1.29 is 63.9 Å². The highest BCUT2D eigenvalue weighted by atomic mass is 16.7. The third kappa shape index (κ3) is 10.6. The Balaban J connectivity index is 1.58. The van der Waals surface area contributed by atoms with Crippen molar-refractivity contribution in [2.75, 3.05) is 0 Å². The van der Waals surface area contributed by atoms with Gasteiger partial charge in [-0.3, -0.25) is 4.79 Å². The number of rotatable bonds is 3. The molecule has 0 aliphatic carbocycles. The number of nitrogens with two attached hydrogens (primary N) is 1. The van der Waals surface area contributed by atoms with E-state index in [1.54, 1.807) is 56.4 Å². The van der Waals surface area contributed by atoms with E-state index in [4.69, 9.17) is 29.4 Å². The SMILES string of the molecule is CC1O[C@@H](OC2C=CC=CC=CC=CC[C@@H](C)OC(=O)C=C[C@H]3O[C@@H]3C[C@H](O)C[C@]3(O)C[C@H](O)[C@@H](C(=O)O)[C@H](C2)O3)C(O)C(N)[C@@H]1O. The number of carboxylic acids is 1. The molecule has 0 aromatic carbocycles. The molecule has 3 saturated heterocycles. The second-order valence-corrected chi connectivity index (χ2v) is 12.6. The first-order valence-corrected chi connectivity index (χ1v) is 15.9. The Morgan fingerprint density at radius 1 is 0.936 bits per heavy atom. The lowest BCUT2D eigenvalue weighted by Gasteiger charge is -2.45. The van der Waals surface area contributed by atoms with Crippen LogP contribution in [0.25, 0.3) is 0 Å². The Morgan fingerprint density at radius 2 is 1.64 bits per heavy atom. The predicted molar refractivity (Wildman–Crippen MR) is 165 cm³/mol. The molecule has 0 spiro atoms. The van der Waals surface area contributed by atoms with Crippen LogP contribution in [-0.4, -0.2) is 122 Å². The van der Waals surface area contributed by atoms with Crippen LogP contribution in [0.5, 0.6) is 0 Å². The van der Waals surface area contributed by atoms with Crippen molar-refractivity contribution in [3.05, 3.63) is 60.8 Å². The summed E-state index contributed by atoms with van der Waals surface area (Å²) in [6.45, 7) is 3.34. The Bertz CT molecular complexity index is 1220. The van der Waals surface area contributed by atoms with E-state index in [-0.39, 0.29) is 25.4 Å². The minimum absolute atomic E-state index is 0.0789. The van der Waals surface area contributed by atoms with E-state index in [2.05, 4.69) is 0 Å². The molecule has 262 valence electrons. The lowest BCUT2D eigenvalue weighted by Crippen LogP contribution is -2.61. The summed E-state index contributed by atoms with van der Waals surface area (Å²) in [5.41, 5.74) is 5.98. The number of hydrogen-bond acceptors (Lipinski definition) is 13. The molecule has 3 fully saturated rings. The average molecular weight is 666 g/mol. The summed E-state index contributed by atoms with van der Waals surface area (Å²) in [5, 5.41) is 63.9. The maximum absolute atomic E-state index is 12.3. The molecule has 0 saturated carbocycles. The third-order valence-electron chi connectivity index (χ3n) is 8.58. The molecule has 4 heterocycles. The lowest BCUT2D eigenvalue weighted by molar-refractivity contribution is -0.308. The van der Waals surface area contributed by atoms with Crippen LogP contribution in [0.2, 0.25) is 0 Å². The van der Waals surface area contributed by atoms with Crippen LogP contribution < -0.4 is 5.73 Å². The van der Waals surface area contributed by atoms with Crippen LogP contribution in [0, 0.1) is 5.92 Å². The van der Waals surface area contributed by atoms with Crippen molar-refractivity contribution in [3.8, 4) is 0 Å². The topological polar surface area (TPSA) is 231 Å². The molecule has 4 unspecified atom stereocenters. The zero-order valence-corrected chi connectivity index (χ0v) is 26.4. The van der Waals surface area contributed by atoms with Crippen molar-refractivity contribution in [3.63, 3.8) is 0 Å². The number of cyclic esters (lactones) is 1. The number of carbonyl (C=O) groups is 2. The third-order valence-corrected chi connectivity index (χ3v) is 8.58. The van der Waals surface area contributed by atoms with Gasteiger partial charge in [0.2, 0.25) is 0 Å². The van der Waals surface area contributed by atoms with Gasteiger partial charge in [-0.2, -0.15) is 0 Å². The molecule has 2 bridgehead atoms. The Kier molecular flexibility index (Phi) is 13.1. The van der Waals surface area contributed by atoms with Crippen LogP contribution in [-0.2, 0) is 33.3 Å². The van der Waals surface area contributed by atoms with Gasteiger partial charge in [-0.25, -0.2) is 4.79 Å². The minimum Gasteiger partial charge on any atom is -0.481 e. The molecule has 0 amide bonds. The first-order valence-electron chi connectivity index (χ1n) is 15.9. The summed E-state index contributed by atoms with van der Waals surface area (Å²) in [6.07, 6.45) is 5.25. The summed E-state index contributed by atoms with van der Waals surface area (Å²) in [6, 6.07) is -1.08. The molecule has 4 rings (SSSR count). The number of esters is 1. The van der Waals surface area contributed by atoms with E-state index in [1.165, 1.54) is 12.2 Å². The highest BCUT2D eigenvalue weighted by Gasteiger charge is 2.51. The number of hydrogen-bond donors (Lipinski definition) is 7. The molecule has 0 aromatic heterocycles. The Labute approximate surface area is 273 Å². The number of aliphatic hydroxyl groups is 5. The van der Waals surface area contributed by atoms with Crippen LogP contribution in [0.15, 0.2) is 60.8 Å². The Morgan fingerprint density at radius 3 is 2.36 bits per heavy atom. The van der Waals surface area contributed by atoms with Gasteiger partial charge >= 0.3 is 11.9 Å². The lowest BCUT2D eigenvalue weighted by atomic mass is 9.83. The number of carboxylic acid groups (broad SMARTS) is 1. The molecule has 14 atom stereocenters. The van der Waals surface area contributed by atoms with Gasteiger partial charge in [-0.05, 0) is 19.9 Å². The highest BCUT2D eigenvalue weighted by Crippen LogP contribution is 2.39. The summed E-state index contributed by atoms with van der Waals surface area (Å²) < 4.78 is 28.5. The zero-order valence-electron chi connectivity index (χ0n) is 26.4. The van der Waals surface area contributed by atoms with Crippen molar-refractivity contribution in [1.29, 1.82) is 0 Å². The van der Waals surface area contributed by atoms with Crippen LogP contribution in [0.4, 0.5) is 0 Å². The van der Waals surface area contributed by atoms with E-state index >= 15 is 0 Å². The van der Waals surface area contributed by atoms with Gasteiger partial charge in [0.15, 0.2) is 12.1 Å². The van der Waals surface area contributed by atoms with Crippen LogP contribution in [0.1, 0.15) is 46.0 Å². The normalized spacial score (nSPS) is 43.8. The minimum atomic E-state index is -2.10. The molecule has 0 radical (unpaired) electrons. The number of fused-ring (bicyclic) bond motifs is 3. The van der Waals surface area contributed by atoms with Crippen molar-refractivity contribution >= 4 is 11.9 Å².